The lowest BCUT2D eigenvalue weighted by Crippen LogP contribution is -2.29. The molecule has 1 aromatic rings. The summed E-state index contributed by atoms with van der Waals surface area (Å²) in [4.78, 5) is 0. The Morgan fingerprint density at radius 2 is 1.86 bits per heavy atom. The quantitative estimate of drug-likeness (QED) is 0.597. The molecular formula is C11H15ClO2. The van der Waals surface area contributed by atoms with Gasteiger partial charge in [0.15, 0.2) is 0 Å². The first-order valence-corrected chi connectivity index (χ1v) is 5.12. The number of hydrogen-bond donors (Lipinski definition) is 2. The summed E-state index contributed by atoms with van der Waals surface area (Å²) in [5, 5.41) is 16.6. The molecule has 1 rings (SSSR count). The topological polar surface area (TPSA) is 40.5 Å². The number of halogens is 1. The maximum atomic E-state index is 9.38. The van der Waals surface area contributed by atoms with Crippen molar-refractivity contribution in [3.63, 3.8) is 0 Å². The van der Waals surface area contributed by atoms with Crippen LogP contribution < -0.4 is 0 Å². The van der Waals surface area contributed by atoms with E-state index >= 15 is 0 Å². The minimum atomic E-state index is -2.16. The van der Waals surface area contributed by atoms with Crippen molar-refractivity contribution in [3.8, 4) is 0 Å². The van der Waals surface area contributed by atoms with Crippen molar-refractivity contribution < 1.29 is 10.2 Å². The molecule has 0 saturated carbocycles. The van der Waals surface area contributed by atoms with Gasteiger partial charge in [-0.2, -0.15) is 0 Å². The third-order valence-corrected chi connectivity index (χ3v) is 2.49. The van der Waals surface area contributed by atoms with Gasteiger partial charge in [0.25, 0.3) is 0 Å². The van der Waals surface area contributed by atoms with Crippen molar-refractivity contribution >= 4 is 11.6 Å². The normalized spacial score (nSPS) is 14.0. The van der Waals surface area contributed by atoms with Crippen LogP contribution in [0.2, 0.25) is 0 Å². The third-order valence-electron chi connectivity index (χ3n) is 2.22. The molecule has 0 amide bonds. The lowest BCUT2D eigenvalue weighted by molar-refractivity contribution is -0.106. The predicted octanol–water partition coefficient (Wildman–Crippen LogP) is 2.45. The third kappa shape index (κ3) is 2.98. The highest BCUT2D eigenvalue weighted by Crippen LogP contribution is 2.33. The Labute approximate surface area is 89.1 Å². The molecule has 0 aliphatic carbocycles. The van der Waals surface area contributed by atoms with Crippen molar-refractivity contribution in [1.29, 1.82) is 0 Å². The second-order valence-electron chi connectivity index (χ2n) is 3.39. The Kier molecular flexibility index (Phi) is 3.93. The Morgan fingerprint density at radius 3 is 2.29 bits per heavy atom. The zero-order valence-electron chi connectivity index (χ0n) is 8.15. The van der Waals surface area contributed by atoms with E-state index in [0.717, 1.165) is 12.0 Å². The van der Waals surface area contributed by atoms with Crippen LogP contribution >= 0.6 is 11.6 Å². The van der Waals surface area contributed by atoms with Crippen molar-refractivity contribution in [2.75, 3.05) is 0 Å². The van der Waals surface area contributed by atoms with Gasteiger partial charge in [-0.15, -0.1) is 0 Å². The zero-order valence-corrected chi connectivity index (χ0v) is 8.91. The summed E-state index contributed by atoms with van der Waals surface area (Å²) in [7, 11) is 0. The van der Waals surface area contributed by atoms with E-state index in [1.807, 2.05) is 37.3 Å². The molecular weight excluding hydrogens is 200 g/mol. The molecule has 0 saturated heterocycles. The first-order chi connectivity index (χ1) is 6.55. The van der Waals surface area contributed by atoms with Gasteiger partial charge in [-0.3, -0.25) is 0 Å². The Hall–Kier alpha value is -0.570. The number of aliphatic hydroxyl groups is 2. The van der Waals surface area contributed by atoms with E-state index in [2.05, 4.69) is 0 Å². The van der Waals surface area contributed by atoms with Crippen LogP contribution in [0.4, 0.5) is 0 Å². The van der Waals surface area contributed by atoms with Gasteiger partial charge in [0, 0.05) is 0 Å². The summed E-state index contributed by atoms with van der Waals surface area (Å²) >= 11 is 5.52. The lowest BCUT2D eigenvalue weighted by atomic mass is 9.94. The molecule has 78 valence electrons. The average Bonchev–Trinajstić information content (AvgIpc) is 2.14. The van der Waals surface area contributed by atoms with Gasteiger partial charge in [-0.25, -0.2) is 0 Å². The molecule has 3 heteroatoms. The van der Waals surface area contributed by atoms with Crippen molar-refractivity contribution in [2.24, 2.45) is 0 Å². The van der Waals surface area contributed by atoms with E-state index in [0.29, 0.717) is 6.42 Å². The van der Waals surface area contributed by atoms with E-state index in [4.69, 9.17) is 11.6 Å². The minimum absolute atomic E-state index is 0.435. The summed E-state index contributed by atoms with van der Waals surface area (Å²) in [6, 6.07) is 9.31. The number of hydrogen-bond acceptors (Lipinski definition) is 2. The van der Waals surface area contributed by atoms with Crippen LogP contribution in [0.3, 0.4) is 0 Å². The Morgan fingerprint density at radius 1 is 1.29 bits per heavy atom. The van der Waals surface area contributed by atoms with Crippen LogP contribution in [0.1, 0.15) is 31.2 Å². The fraction of sp³-hybridized carbons (Fsp3) is 0.455. The molecule has 1 unspecified atom stereocenters. The van der Waals surface area contributed by atoms with E-state index in [9.17, 15) is 10.2 Å². The second kappa shape index (κ2) is 4.78. The SMILES string of the molecule is CCCC(c1ccccc1)C(O)(O)Cl. The molecule has 0 aliphatic rings. The smallest absolute Gasteiger partial charge is 0.250 e. The number of alkyl halides is 1. The maximum Gasteiger partial charge on any atom is 0.250 e. The van der Waals surface area contributed by atoms with Crippen molar-refractivity contribution in [1.82, 2.24) is 0 Å². The first kappa shape index (κ1) is 11.5. The van der Waals surface area contributed by atoms with E-state index in [1.165, 1.54) is 0 Å². The van der Waals surface area contributed by atoms with Gasteiger partial charge in [0.1, 0.15) is 0 Å². The predicted molar refractivity (Wildman–Crippen MR) is 57.1 cm³/mol. The molecule has 0 bridgehead atoms. The molecule has 1 aromatic carbocycles. The largest absolute Gasteiger partial charge is 0.353 e. The van der Waals surface area contributed by atoms with Gasteiger partial charge in [-0.05, 0) is 12.0 Å². The zero-order chi connectivity index (χ0) is 10.6. The molecule has 2 nitrogen and oxygen atoms in total. The molecule has 14 heavy (non-hydrogen) atoms. The standard InChI is InChI=1S/C11H15ClO2/c1-2-6-10(11(12,13)14)9-7-4-3-5-8-9/h3-5,7-8,10,13-14H,2,6H2,1H3. The van der Waals surface area contributed by atoms with Crippen molar-refractivity contribution in [2.45, 2.75) is 30.9 Å². The van der Waals surface area contributed by atoms with Gasteiger partial charge in [0.2, 0.25) is 5.25 Å². The average molecular weight is 215 g/mol. The lowest BCUT2D eigenvalue weighted by Gasteiger charge is -2.25. The Balaban J connectivity index is 2.89. The highest BCUT2D eigenvalue weighted by Gasteiger charge is 2.32. The van der Waals surface area contributed by atoms with Crippen molar-refractivity contribution in [3.05, 3.63) is 35.9 Å². The molecule has 0 radical (unpaired) electrons. The summed E-state index contributed by atoms with van der Waals surface area (Å²) in [6.07, 6.45) is 1.51. The first-order valence-electron chi connectivity index (χ1n) is 4.74. The van der Waals surface area contributed by atoms with Gasteiger partial charge >= 0.3 is 0 Å². The van der Waals surface area contributed by atoms with E-state index in [-0.39, 0.29) is 0 Å². The van der Waals surface area contributed by atoms with Crippen LogP contribution in [0.5, 0.6) is 0 Å². The maximum absolute atomic E-state index is 9.38. The number of benzene rings is 1. The second-order valence-corrected chi connectivity index (χ2v) is 3.94. The fourth-order valence-corrected chi connectivity index (χ4v) is 1.77. The fourth-order valence-electron chi connectivity index (χ4n) is 1.54. The monoisotopic (exact) mass is 214 g/mol. The van der Waals surface area contributed by atoms with Crippen LogP contribution in [0.25, 0.3) is 0 Å². The van der Waals surface area contributed by atoms with Crippen LogP contribution in [0, 0.1) is 0 Å². The molecule has 0 spiro atoms. The van der Waals surface area contributed by atoms with Crippen LogP contribution in [-0.4, -0.2) is 15.5 Å². The van der Waals surface area contributed by atoms with E-state index < -0.39 is 11.2 Å². The highest BCUT2D eigenvalue weighted by atomic mass is 35.5. The van der Waals surface area contributed by atoms with Gasteiger partial charge in [-0.1, -0.05) is 55.3 Å². The van der Waals surface area contributed by atoms with E-state index in [1.54, 1.807) is 0 Å². The number of rotatable bonds is 4. The molecule has 0 heterocycles. The highest BCUT2D eigenvalue weighted by molar-refractivity contribution is 6.22. The Bertz CT molecular complexity index is 266. The molecule has 0 aromatic heterocycles. The minimum Gasteiger partial charge on any atom is -0.353 e. The van der Waals surface area contributed by atoms with Gasteiger partial charge in [0.05, 0.1) is 5.92 Å². The van der Waals surface area contributed by atoms with Gasteiger partial charge < -0.3 is 10.2 Å². The summed E-state index contributed by atoms with van der Waals surface area (Å²) < 4.78 is 0. The molecule has 0 aliphatic heterocycles. The van der Waals surface area contributed by atoms with Crippen LogP contribution in [0.15, 0.2) is 30.3 Å². The summed E-state index contributed by atoms with van der Waals surface area (Å²) in [6.45, 7) is 1.98. The van der Waals surface area contributed by atoms with Crippen LogP contribution in [-0.2, 0) is 0 Å². The summed E-state index contributed by atoms with van der Waals surface area (Å²) in [5.74, 6) is -0.435. The molecule has 0 fully saturated rings. The molecule has 1 atom stereocenters. The molecule has 2 N–H and O–H groups in total. The summed E-state index contributed by atoms with van der Waals surface area (Å²) in [5.41, 5.74) is 0.856.